The van der Waals surface area contributed by atoms with Crippen LogP contribution >= 0.6 is 0 Å². The number of likely N-dealkylation sites (tertiary alicyclic amines) is 2. The Morgan fingerprint density at radius 3 is 2.71 bits per heavy atom. The van der Waals surface area contributed by atoms with Crippen molar-refractivity contribution in [3.8, 4) is 6.07 Å². The van der Waals surface area contributed by atoms with Crippen LogP contribution in [0.2, 0.25) is 0 Å². The van der Waals surface area contributed by atoms with Gasteiger partial charge in [0, 0.05) is 50.2 Å². The maximum absolute atomic E-state index is 13.5. The standard InChI is InChI=1S/C27H35F2N9O3/c1-27(2,16-30)38-12-17(10-33-38)20-4-3-5-21(34-20)26(41)35-22(24(31)25(28)29)11-32-18-13-37(14-18)19-6-8-36(9-7-19)23(40)15-39/h3-5,10-12,18-20,25,34,39H,6-9,13-15,31H2,1-2H3,(H,35,41). The van der Waals surface area contributed by atoms with Crippen molar-refractivity contribution in [2.75, 3.05) is 32.8 Å². The Labute approximate surface area is 236 Å². The number of aliphatic hydroxyl groups excluding tert-OH is 1. The van der Waals surface area contributed by atoms with Crippen LogP contribution in [-0.2, 0) is 15.1 Å². The molecule has 0 saturated carbocycles. The maximum atomic E-state index is 13.5. The molecular weight excluding hydrogens is 536 g/mol. The second kappa shape index (κ2) is 12.6. The van der Waals surface area contributed by atoms with Crippen molar-refractivity contribution in [2.24, 2.45) is 10.7 Å². The predicted octanol–water partition coefficient (Wildman–Crippen LogP) is 0.516. The zero-order valence-electron chi connectivity index (χ0n) is 23.0. The number of nitrogens with one attached hydrogen (secondary N) is 2. The van der Waals surface area contributed by atoms with E-state index in [4.69, 9.17) is 10.8 Å². The van der Waals surface area contributed by atoms with Gasteiger partial charge < -0.3 is 26.4 Å². The lowest BCUT2D eigenvalue weighted by Crippen LogP contribution is -2.57. The van der Waals surface area contributed by atoms with Gasteiger partial charge in [0.15, 0.2) is 0 Å². The molecule has 4 rings (SSSR count). The molecule has 1 atom stereocenters. The number of carbonyl (C=O) groups excluding carboxylic acids is 2. The lowest BCUT2D eigenvalue weighted by molar-refractivity contribution is -0.136. The van der Waals surface area contributed by atoms with Crippen molar-refractivity contribution < 1.29 is 23.5 Å². The third-order valence-electron chi connectivity index (χ3n) is 7.50. The number of carbonyl (C=O) groups is 2. The number of aromatic nitrogens is 2. The number of nitriles is 1. The highest BCUT2D eigenvalue weighted by atomic mass is 19.3. The molecule has 14 heteroatoms. The highest BCUT2D eigenvalue weighted by Crippen LogP contribution is 2.24. The molecule has 12 nitrogen and oxygen atoms in total. The largest absolute Gasteiger partial charge is 0.396 e. The molecule has 2 fully saturated rings. The van der Waals surface area contributed by atoms with Crippen LogP contribution in [0.5, 0.6) is 0 Å². The minimum atomic E-state index is -2.99. The van der Waals surface area contributed by atoms with E-state index in [0.29, 0.717) is 31.7 Å². The van der Waals surface area contributed by atoms with Gasteiger partial charge in [-0.25, -0.2) is 8.78 Å². The number of aliphatic hydroxyl groups is 1. The number of nitrogens with two attached hydrogens (primary N) is 1. The van der Waals surface area contributed by atoms with E-state index in [1.165, 1.54) is 17.0 Å². The van der Waals surface area contributed by atoms with Gasteiger partial charge in [-0.3, -0.25) is 24.2 Å². The van der Waals surface area contributed by atoms with Crippen molar-refractivity contribution >= 4 is 18.0 Å². The Morgan fingerprint density at radius 1 is 1.37 bits per heavy atom. The van der Waals surface area contributed by atoms with Gasteiger partial charge in [0.1, 0.15) is 23.5 Å². The molecule has 41 heavy (non-hydrogen) atoms. The summed E-state index contributed by atoms with van der Waals surface area (Å²) in [5.41, 5.74) is 4.57. The molecule has 0 spiro atoms. The Morgan fingerprint density at radius 2 is 2.07 bits per heavy atom. The number of piperidine rings is 1. The van der Waals surface area contributed by atoms with E-state index in [9.17, 15) is 23.6 Å². The number of hydrogen-bond donors (Lipinski definition) is 4. The smallest absolute Gasteiger partial charge is 0.279 e. The first kappa shape index (κ1) is 29.9. The Bertz CT molecular complexity index is 1300. The summed E-state index contributed by atoms with van der Waals surface area (Å²) in [5, 5.41) is 28.1. The molecule has 3 aliphatic heterocycles. The predicted molar refractivity (Wildman–Crippen MR) is 146 cm³/mol. The first-order valence-corrected chi connectivity index (χ1v) is 13.4. The molecule has 0 radical (unpaired) electrons. The molecule has 1 unspecified atom stereocenters. The summed E-state index contributed by atoms with van der Waals surface area (Å²) in [7, 11) is 0. The second-order valence-electron chi connectivity index (χ2n) is 10.8. The molecular formula is C27H35F2N9O3. The summed E-state index contributed by atoms with van der Waals surface area (Å²) >= 11 is 0. The lowest BCUT2D eigenvalue weighted by Gasteiger charge is -2.45. The first-order chi connectivity index (χ1) is 19.5. The number of alkyl halides is 2. The molecule has 2 saturated heterocycles. The molecule has 5 N–H and O–H groups in total. The zero-order valence-corrected chi connectivity index (χ0v) is 23.0. The number of rotatable bonds is 9. The second-order valence-corrected chi connectivity index (χ2v) is 10.8. The first-order valence-electron chi connectivity index (χ1n) is 13.4. The number of amides is 2. The van der Waals surface area contributed by atoms with Crippen LogP contribution in [0.4, 0.5) is 8.78 Å². The van der Waals surface area contributed by atoms with E-state index in [1.54, 1.807) is 43.3 Å². The third-order valence-corrected chi connectivity index (χ3v) is 7.50. The van der Waals surface area contributed by atoms with Crippen LogP contribution in [0.3, 0.4) is 0 Å². The summed E-state index contributed by atoms with van der Waals surface area (Å²) in [4.78, 5) is 32.9. The number of aliphatic imine (C=N–C) groups is 1. The van der Waals surface area contributed by atoms with E-state index in [-0.39, 0.29) is 29.4 Å². The van der Waals surface area contributed by atoms with Crippen LogP contribution in [0.1, 0.15) is 38.3 Å². The minimum absolute atomic E-state index is 0.138. The van der Waals surface area contributed by atoms with Crippen LogP contribution in [0.15, 0.2) is 52.7 Å². The number of allylic oxidation sites excluding steroid dienone is 4. The molecule has 3 aliphatic rings. The topological polar surface area (TPSA) is 165 Å². The van der Waals surface area contributed by atoms with Crippen LogP contribution in [0.25, 0.3) is 0 Å². The average molecular weight is 572 g/mol. The van der Waals surface area contributed by atoms with Gasteiger partial charge >= 0.3 is 0 Å². The van der Waals surface area contributed by atoms with Gasteiger partial charge in [0.25, 0.3) is 12.3 Å². The Kier molecular flexibility index (Phi) is 9.19. The van der Waals surface area contributed by atoms with Crippen LogP contribution in [0, 0.1) is 11.3 Å². The normalized spacial score (nSPS) is 21.2. The zero-order chi connectivity index (χ0) is 29.7. The molecule has 0 bridgehead atoms. The van der Waals surface area contributed by atoms with Crippen LogP contribution in [-0.4, -0.2) is 94.0 Å². The number of dihydropyridines is 1. The number of nitrogens with zero attached hydrogens (tertiary/aromatic N) is 6. The van der Waals surface area contributed by atoms with Gasteiger partial charge in [0.2, 0.25) is 5.91 Å². The lowest BCUT2D eigenvalue weighted by atomic mass is 9.97. The van der Waals surface area contributed by atoms with Crippen molar-refractivity contribution in [3.63, 3.8) is 0 Å². The van der Waals surface area contributed by atoms with E-state index in [0.717, 1.165) is 12.8 Å². The summed E-state index contributed by atoms with van der Waals surface area (Å²) in [6, 6.07) is 1.89. The molecule has 1 aromatic heterocycles. The molecule has 4 heterocycles. The van der Waals surface area contributed by atoms with E-state index in [1.807, 2.05) is 0 Å². The third kappa shape index (κ3) is 6.98. The molecule has 220 valence electrons. The van der Waals surface area contributed by atoms with Crippen molar-refractivity contribution in [3.05, 3.63) is 53.3 Å². The fourth-order valence-corrected chi connectivity index (χ4v) is 4.84. The average Bonchev–Trinajstić information content (AvgIpc) is 3.47. The van der Waals surface area contributed by atoms with Crippen molar-refractivity contribution in [2.45, 2.75) is 56.8 Å². The molecule has 1 aromatic rings. The van der Waals surface area contributed by atoms with Gasteiger partial charge in [-0.2, -0.15) is 10.4 Å². The highest BCUT2D eigenvalue weighted by molar-refractivity contribution is 5.98. The van der Waals surface area contributed by atoms with Gasteiger partial charge in [-0.05, 0) is 32.8 Å². The summed E-state index contributed by atoms with van der Waals surface area (Å²) in [5.74, 6) is -0.928. The van der Waals surface area contributed by atoms with E-state index in [2.05, 4.69) is 31.7 Å². The number of hydrogen-bond acceptors (Lipinski definition) is 9. The summed E-state index contributed by atoms with van der Waals surface area (Å²) in [6.07, 6.45) is 8.07. The summed E-state index contributed by atoms with van der Waals surface area (Å²) in [6.45, 7) is 5.38. The fourth-order valence-electron chi connectivity index (χ4n) is 4.84. The quantitative estimate of drug-likeness (QED) is 0.312. The monoisotopic (exact) mass is 571 g/mol. The minimum Gasteiger partial charge on any atom is -0.396 e. The maximum Gasteiger partial charge on any atom is 0.279 e. The van der Waals surface area contributed by atoms with Crippen molar-refractivity contribution in [1.82, 2.24) is 30.2 Å². The Balaban J connectivity index is 1.34. The molecule has 2 amide bonds. The van der Waals surface area contributed by atoms with Gasteiger partial charge in [-0.15, -0.1) is 0 Å². The van der Waals surface area contributed by atoms with Gasteiger partial charge in [0.05, 0.1) is 30.0 Å². The Hall–Kier alpha value is -4.09. The fraction of sp³-hybridized carbons (Fsp3) is 0.519. The highest BCUT2D eigenvalue weighted by Gasteiger charge is 2.34. The SMILES string of the molecule is CC(C)(C#N)n1cc(C2C=CC=C(C(=O)NC(C=NC3CN(C4CCN(C(=O)CO)CC4)C3)=C(N)C(F)F)N2)cn1. The van der Waals surface area contributed by atoms with E-state index < -0.39 is 36.2 Å². The van der Waals surface area contributed by atoms with Crippen LogP contribution < -0.4 is 16.4 Å². The van der Waals surface area contributed by atoms with E-state index >= 15 is 0 Å². The molecule has 0 aromatic carbocycles. The summed E-state index contributed by atoms with van der Waals surface area (Å²) < 4.78 is 28.5. The van der Waals surface area contributed by atoms with Gasteiger partial charge in [-0.1, -0.05) is 12.2 Å². The van der Waals surface area contributed by atoms with Crippen molar-refractivity contribution in [1.29, 1.82) is 5.26 Å². The number of halogens is 2. The molecule has 0 aliphatic carbocycles.